The molecule has 256 valence electrons. The molecule has 14 nitrogen and oxygen atoms in total. The number of halogens is 1. The van der Waals surface area contributed by atoms with Crippen molar-refractivity contribution in [2.45, 2.75) is 51.0 Å². The molecule has 0 radical (unpaired) electrons. The number of aromatic nitrogens is 1. The highest BCUT2D eigenvalue weighted by atomic mass is 35.5. The van der Waals surface area contributed by atoms with E-state index in [0.29, 0.717) is 42.5 Å². The van der Waals surface area contributed by atoms with Gasteiger partial charge in [0.1, 0.15) is 6.04 Å². The zero-order valence-electron chi connectivity index (χ0n) is 26.3. The standard InChI is InChI=1S/C33H34ClN7O7S/c34-21-9-2-1-7-19(21)23-18-49-33(39-23)37-17-28(45)36-16-4-3-15-35-25(42)13-14-27(44)38-22-10-5-8-20-29(22)32(48)41(31(20)47)24-11-6-12-26(43)40-30(24)46/h1-2,5,7-10,18,24H,3-4,6,11-17H2,(H,35,42)(H,36,45)(H,37,39)(H,38,44)(H,40,43,46). The van der Waals surface area contributed by atoms with Crippen LogP contribution in [0.25, 0.3) is 11.3 Å². The van der Waals surface area contributed by atoms with Crippen molar-refractivity contribution in [3.63, 3.8) is 0 Å². The van der Waals surface area contributed by atoms with Gasteiger partial charge in [-0.1, -0.05) is 35.9 Å². The third-order valence-corrected chi connectivity index (χ3v) is 8.99. The van der Waals surface area contributed by atoms with Crippen LogP contribution in [0.5, 0.6) is 0 Å². The largest absolute Gasteiger partial charge is 0.356 e. The number of carbonyl (C=O) groups excluding carboxylic acids is 7. The molecular formula is C33H34ClN7O7S. The van der Waals surface area contributed by atoms with Crippen molar-refractivity contribution in [1.29, 1.82) is 0 Å². The minimum absolute atomic E-state index is 0.0395. The molecule has 5 rings (SSSR count). The number of amides is 7. The Bertz CT molecular complexity index is 1800. The third-order valence-electron chi connectivity index (χ3n) is 7.86. The maximum absolute atomic E-state index is 13.3. The Hall–Kier alpha value is -5.15. The monoisotopic (exact) mass is 707 g/mol. The second-order valence-electron chi connectivity index (χ2n) is 11.4. The Morgan fingerprint density at radius 1 is 0.898 bits per heavy atom. The number of benzene rings is 2. The summed E-state index contributed by atoms with van der Waals surface area (Å²) in [6.07, 6.45) is 1.55. The number of anilines is 2. The van der Waals surface area contributed by atoms with Gasteiger partial charge in [-0.3, -0.25) is 43.8 Å². The molecule has 7 amide bonds. The zero-order valence-corrected chi connectivity index (χ0v) is 27.9. The highest BCUT2D eigenvalue weighted by molar-refractivity contribution is 7.14. The summed E-state index contributed by atoms with van der Waals surface area (Å²) in [7, 11) is 0. The van der Waals surface area contributed by atoms with E-state index in [-0.39, 0.29) is 60.9 Å². The van der Waals surface area contributed by atoms with Crippen LogP contribution in [0.4, 0.5) is 10.8 Å². The average Bonchev–Trinajstić information content (AvgIpc) is 3.60. The molecule has 1 atom stereocenters. The normalized spacial score (nSPS) is 15.7. The van der Waals surface area contributed by atoms with Crippen LogP contribution in [0.1, 0.15) is 65.7 Å². The van der Waals surface area contributed by atoms with Gasteiger partial charge in [-0.25, -0.2) is 4.98 Å². The van der Waals surface area contributed by atoms with E-state index in [1.807, 2.05) is 23.6 Å². The van der Waals surface area contributed by atoms with Crippen LogP contribution < -0.4 is 26.6 Å². The number of hydrogen-bond donors (Lipinski definition) is 5. The van der Waals surface area contributed by atoms with Gasteiger partial charge >= 0.3 is 0 Å². The average molecular weight is 708 g/mol. The molecule has 1 unspecified atom stereocenters. The Balaban J connectivity index is 0.976. The molecule has 1 fully saturated rings. The fourth-order valence-corrected chi connectivity index (χ4v) is 6.35. The number of nitrogens with zero attached hydrogens (tertiary/aromatic N) is 2. The van der Waals surface area contributed by atoms with Crippen LogP contribution in [0.2, 0.25) is 5.02 Å². The molecule has 0 spiro atoms. The molecule has 3 aromatic rings. The van der Waals surface area contributed by atoms with Gasteiger partial charge in [-0.15, -0.1) is 11.3 Å². The fourth-order valence-electron chi connectivity index (χ4n) is 5.41. The first-order valence-electron chi connectivity index (χ1n) is 15.7. The van der Waals surface area contributed by atoms with Crippen molar-refractivity contribution in [3.05, 3.63) is 64.0 Å². The van der Waals surface area contributed by atoms with Gasteiger partial charge in [0, 0.05) is 48.3 Å². The summed E-state index contributed by atoms with van der Waals surface area (Å²) in [6, 6.07) is 10.7. The van der Waals surface area contributed by atoms with Gasteiger partial charge in [0.05, 0.1) is 29.1 Å². The predicted octanol–water partition coefficient (Wildman–Crippen LogP) is 3.10. The van der Waals surface area contributed by atoms with E-state index in [0.717, 1.165) is 16.2 Å². The van der Waals surface area contributed by atoms with E-state index >= 15 is 0 Å². The van der Waals surface area contributed by atoms with E-state index in [4.69, 9.17) is 11.6 Å². The molecule has 2 aliphatic rings. The number of thiazole rings is 1. The lowest BCUT2D eigenvalue weighted by molar-refractivity contribution is -0.131. The smallest absolute Gasteiger partial charge is 0.264 e. The Morgan fingerprint density at radius 2 is 1.61 bits per heavy atom. The topological polar surface area (TPSA) is 196 Å². The molecule has 0 aliphatic carbocycles. The minimum Gasteiger partial charge on any atom is -0.356 e. The van der Waals surface area contributed by atoms with Crippen LogP contribution in [-0.4, -0.2) is 76.9 Å². The lowest BCUT2D eigenvalue weighted by Crippen LogP contribution is -2.49. The molecule has 2 aromatic carbocycles. The van der Waals surface area contributed by atoms with Crippen molar-refractivity contribution >= 4 is 75.1 Å². The summed E-state index contributed by atoms with van der Waals surface area (Å²) in [5, 5.41) is 16.4. The molecule has 5 N–H and O–H groups in total. The molecule has 49 heavy (non-hydrogen) atoms. The first-order valence-corrected chi connectivity index (χ1v) is 17.0. The molecule has 0 saturated carbocycles. The Kier molecular flexibility index (Phi) is 11.7. The summed E-state index contributed by atoms with van der Waals surface area (Å²) in [4.78, 5) is 93.1. The highest BCUT2D eigenvalue weighted by Crippen LogP contribution is 2.33. The van der Waals surface area contributed by atoms with Crippen molar-refractivity contribution < 1.29 is 33.6 Å². The number of unbranched alkanes of at least 4 members (excludes halogenated alkanes) is 1. The maximum atomic E-state index is 13.3. The summed E-state index contributed by atoms with van der Waals surface area (Å²) < 4.78 is 0. The van der Waals surface area contributed by atoms with Gasteiger partial charge in [0.2, 0.25) is 29.5 Å². The SMILES string of the molecule is O=C(CCC(=O)Nc1cccc2c1C(=O)N(C1CCCC(=O)NC1=O)C2=O)NCCCCNC(=O)CNc1nc(-c2ccccc2Cl)cs1. The first kappa shape index (κ1) is 35.2. The van der Waals surface area contributed by atoms with E-state index in [1.165, 1.54) is 29.5 Å². The van der Waals surface area contributed by atoms with Crippen LogP contribution in [0.15, 0.2) is 47.8 Å². The third kappa shape index (κ3) is 8.86. The zero-order chi connectivity index (χ0) is 34.9. The number of rotatable bonds is 14. The molecular weight excluding hydrogens is 674 g/mol. The maximum Gasteiger partial charge on any atom is 0.264 e. The lowest BCUT2D eigenvalue weighted by atomic mass is 10.1. The van der Waals surface area contributed by atoms with E-state index in [9.17, 15) is 33.6 Å². The van der Waals surface area contributed by atoms with Crippen LogP contribution in [-0.2, 0) is 24.0 Å². The second kappa shape index (κ2) is 16.3. The van der Waals surface area contributed by atoms with E-state index < -0.39 is 35.6 Å². The second-order valence-corrected chi connectivity index (χ2v) is 12.6. The highest BCUT2D eigenvalue weighted by Gasteiger charge is 2.45. The van der Waals surface area contributed by atoms with E-state index in [2.05, 4.69) is 31.6 Å². The Morgan fingerprint density at radius 3 is 2.39 bits per heavy atom. The predicted molar refractivity (Wildman–Crippen MR) is 182 cm³/mol. The fraction of sp³-hybridized carbons (Fsp3) is 0.333. The number of fused-ring (bicyclic) bond motifs is 1. The number of hydrogen-bond acceptors (Lipinski definition) is 10. The quantitative estimate of drug-likeness (QED) is 0.124. The van der Waals surface area contributed by atoms with Crippen LogP contribution in [0, 0.1) is 0 Å². The number of carbonyl (C=O) groups is 7. The summed E-state index contributed by atoms with van der Waals surface area (Å²) in [5.41, 5.74) is 1.64. The molecule has 3 heterocycles. The number of nitrogens with one attached hydrogen (secondary N) is 5. The van der Waals surface area contributed by atoms with E-state index in [1.54, 1.807) is 6.07 Å². The summed E-state index contributed by atoms with van der Waals surface area (Å²) >= 11 is 7.60. The minimum atomic E-state index is -1.14. The van der Waals surface area contributed by atoms with Crippen LogP contribution >= 0.6 is 22.9 Å². The summed E-state index contributed by atoms with van der Waals surface area (Å²) in [5.74, 6) is -3.67. The van der Waals surface area contributed by atoms with Crippen molar-refractivity contribution in [2.75, 3.05) is 30.3 Å². The first-order chi connectivity index (χ1) is 23.6. The van der Waals surface area contributed by atoms with Gasteiger partial charge in [-0.2, -0.15) is 0 Å². The van der Waals surface area contributed by atoms with Gasteiger partial charge in [0.15, 0.2) is 5.13 Å². The van der Waals surface area contributed by atoms with Crippen molar-refractivity contribution in [3.8, 4) is 11.3 Å². The molecule has 16 heteroatoms. The molecule has 1 aromatic heterocycles. The molecule has 1 saturated heterocycles. The van der Waals surface area contributed by atoms with Crippen molar-refractivity contribution in [2.24, 2.45) is 0 Å². The summed E-state index contributed by atoms with van der Waals surface area (Å²) in [6.45, 7) is 0.839. The molecule has 2 aliphatic heterocycles. The lowest BCUT2D eigenvalue weighted by Gasteiger charge is -2.23. The van der Waals surface area contributed by atoms with Crippen molar-refractivity contribution in [1.82, 2.24) is 25.8 Å². The number of imide groups is 2. The molecule has 0 bridgehead atoms. The van der Waals surface area contributed by atoms with Gasteiger partial charge in [0.25, 0.3) is 11.8 Å². The van der Waals surface area contributed by atoms with Gasteiger partial charge < -0.3 is 21.3 Å². The van der Waals surface area contributed by atoms with Crippen LogP contribution in [0.3, 0.4) is 0 Å². The van der Waals surface area contributed by atoms with Gasteiger partial charge in [-0.05, 0) is 43.9 Å². The Labute approximate surface area is 290 Å².